The van der Waals surface area contributed by atoms with Crippen LogP contribution < -0.4 is 10.5 Å². The summed E-state index contributed by atoms with van der Waals surface area (Å²) in [6.07, 6.45) is 0. The van der Waals surface area contributed by atoms with Gasteiger partial charge in [0.05, 0.1) is 12.3 Å². The maximum absolute atomic E-state index is 13.1. The van der Waals surface area contributed by atoms with Crippen molar-refractivity contribution in [3.63, 3.8) is 0 Å². The molecule has 18 heavy (non-hydrogen) atoms. The van der Waals surface area contributed by atoms with E-state index < -0.39 is 0 Å². The van der Waals surface area contributed by atoms with E-state index in [4.69, 9.17) is 10.5 Å². The molecule has 0 amide bonds. The monoisotopic (exact) mass is 263 g/mol. The van der Waals surface area contributed by atoms with E-state index in [0.29, 0.717) is 18.0 Å². The lowest BCUT2D eigenvalue weighted by atomic mass is 10.3. The van der Waals surface area contributed by atoms with Crippen molar-refractivity contribution < 1.29 is 9.13 Å². The van der Waals surface area contributed by atoms with Crippen molar-refractivity contribution in [3.8, 4) is 5.75 Å². The summed E-state index contributed by atoms with van der Waals surface area (Å²) in [5.41, 5.74) is 6.41. The van der Waals surface area contributed by atoms with Gasteiger partial charge in [0, 0.05) is 9.79 Å². The molecule has 0 aromatic heterocycles. The number of halogens is 1. The molecule has 0 unspecified atom stereocenters. The van der Waals surface area contributed by atoms with Gasteiger partial charge in [-0.2, -0.15) is 0 Å². The smallest absolute Gasteiger partial charge is 0.143 e. The topological polar surface area (TPSA) is 35.2 Å². The Labute approximate surface area is 110 Å². The van der Waals surface area contributed by atoms with Crippen LogP contribution in [-0.4, -0.2) is 6.61 Å². The molecule has 0 radical (unpaired) electrons. The van der Waals surface area contributed by atoms with Gasteiger partial charge in [-0.15, -0.1) is 0 Å². The summed E-state index contributed by atoms with van der Waals surface area (Å²) in [7, 11) is 0. The Morgan fingerprint density at radius 1 is 1.17 bits per heavy atom. The van der Waals surface area contributed by atoms with Crippen molar-refractivity contribution in [2.75, 3.05) is 12.3 Å². The molecule has 0 saturated carbocycles. The van der Waals surface area contributed by atoms with Gasteiger partial charge in [0.15, 0.2) is 0 Å². The van der Waals surface area contributed by atoms with E-state index in [1.54, 1.807) is 12.1 Å². The summed E-state index contributed by atoms with van der Waals surface area (Å²) < 4.78 is 18.5. The number of nitrogens with two attached hydrogens (primary N) is 1. The maximum Gasteiger partial charge on any atom is 0.143 e. The molecule has 4 heteroatoms. The average Bonchev–Trinajstić information content (AvgIpc) is 2.34. The van der Waals surface area contributed by atoms with Gasteiger partial charge in [0.25, 0.3) is 0 Å². The van der Waals surface area contributed by atoms with Gasteiger partial charge in [-0.1, -0.05) is 17.8 Å². The SMILES string of the molecule is CCOc1cc(Sc2cccc(F)c2)ccc1N. The molecule has 0 aliphatic carbocycles. The van der Waals surface area contributed by atoms with E-state index in [1.165, 1.54) is 23.9 Å². The van der Waals surface area contributed by atoms with Crippen LogP contribution in [0.2, 0.25) is 0 Å². The summed E-state index contributed by atoms with van der Waals surface area (Å²) in [5, 5.41) is 0. The molecule has 2 aromatic rings. The summed E-state index contributed by atoms with van der Waals surface area (Å²) in [6, 6.07) is 12.1. The van der Waals surface area contributed by atoms with E-state index in [-0.39, 0.29) is 5.82 Å². The fourth-order valence-corrected chi connectivity index (χ4v) is 2.42. The molecule has 0 aliphatic rings. The summed E-state index contributed by atoms with van der Waals surface area (Å²) in [5.74, 6) is 0.430. The highest BCUT2D eigenvalue weighted by Gasteiger charge is 2.04. The number of nitrogen functional groups attached to an aromatic ring is 1. The Bertz CT molecular complexity index is 545. The molecule has 0 heterocycles. The Kier molecular flexibility index (Phi) is 4.10. The average molecular weight is 263 g/mol. The highest BCUT2D eigenvalue weighted by atomic mass is 32.2. The van der Waals surface area contributed by atoms with Gasteiger partial charge < -0.3 is 10.5 Å². The van der Waals surface area contributed by atoms with Crippen molar-refractivity contribution in [1.29, 1.82) is 0 Å². The summed E-state index contributed by atoms with van der Waals surface area (Å²) in [6.45, 7) is 2.48. The van der Waals surface area contributed by atoms with E-state index in [1.807, 2.05) is 25.1 Å². The number of anilines is 1. The fraction of sp³-hybridized carbons (Fsp3) is 0.143. The normalized spacial score (nSPS) is 10.3. The lowest BCUT2D eigenvalue weighted by Gasteiger charge is -2.09. The Hall–Kier alpha value is -1.68. The minimum absolute atomic E-state index is 0.236. The second kappa shape index (κ2) is 5.78. The third kappa shape index (κ3) is 3.17. The first kappa shape index (κ1) is 12.8. The van der Waals surface area contributed by atoms with Crippen LogP contribution in [0.15, 0.2) is 52.3 Å². The van der Waals surface area contributed by atoms with Crippen LogP contribution in [0.4, 0.5) is 10.1 Å². The van der Waals surface area contributed by atoms with Crippen LogP contribution in [0, 0.1) is 5.82 Å². The molecule has 0 fully saturated rings. The predicted molar refractivity (Wildman–Crippen MR) is 72.5 cm³/mol. The van der Waals surface area contributed by atoms with Gasteiger partial charge >= 0.3 is 0 Å². The lowest BCUT2D eigenvalue weighted by Crippen LogP contribution is -1.96. The molecule has 2 rings (SSSR count). The Morgan fingerprint density at radius 2 is 1.94 bits per heavy atom. The Balaban J connectivity index is 2.21. The summed E-state index contributed by atoms with van der Waals surface area (Å²) >= 11 is 1.47. The first-order valence-electron chi connectivity index (χ1n) is 5.65. The molecule has 2 aromatic carbocycles. The van der Waals surface area contributed by atoms with Crippen molar-refractivity contribution in [3.05, 3.63) is 48.3 Å². The number of benzene rings is 2. The third-order valence-corrected chi connectivity index (χ3v) is 3.30. The van der Waals surface area contributed by atoms with E-state index in [9.17, 15) is 4.39 Å². The molecule has 2 nitrogen and oxygen atoms in total. The fourth-order valence-electron chi connectivity index (χ4n) is 1.53. The van der Waals surface area contributed by atoms with E-state index in [0.717, 1.165) is 9.79 Å². The number of hydrogen-bond acceptors (Lipinski definition) is 3. The minimum atomic E-state index is -0.236. The van der Waals surface area contributed by atoms with E-state index in [2.05, 4.69) is 0 Å². The number of ether oxygens (including phenoxy) is 1. The number of hydrogen-bond donors (Lipinski definition) is 1. The molecule has 0 saturated heterocycles. The van der Waals surface area contributed by atoms with Crippen molar-refractivity contribution in [2.24, 2.45) is 0 Å². The zero-order valence-electron chi connectivity index (χ0n) is 10.0. The van der Waals surface area contributed by atoms with Crippen molar-refractivity contribution in [2.45, 2.75) is 16.7 Å². The first-order valence-corrected chi connectivity index (χ1v) is 6.46. The highest BCUT2D eigenvalue weighted by molar-refractivity contribution is 7.99. The van der Waals surface area contributed by atoms with Gasteiger partial charge in [-0.05, 0) is 43.3 Å². The number of rotatable bonds is 4. The van der Waals surface area contributed by atoms with Crippen molar-refractivity contribution >= 4 is 17.4 Å². The lowest BCUT2D eigenvalue weighted by molar-refractivity contribution is 0.341. The van der Waals surface area contributed by atoms with Gasteiger partial charge in [0.2, 0.25) is 0 Å². The highest BCUT2D eigenvalue weighted by Crippen LogP contribution is 2.33. The summed E-state index contributed by atoms with van der Waals surface area (Å²) in [4.78, 5) is 1.82. The molecule has 2 N–H and O–H groups in total. The standard InChI is InChI=1S/C14H14FNOS/c1-2-17-14-9-12(6-7-13(14)16)18-11-5-3-4-10(15)8-11/h3-9H,2,16H2,1H3. The van der Waals surface area contributed by atoms with E-state index >= 15 is 0 Å². The molecule has 94 valence electrons. The van der Waals surface area contributed by atoms with Gasteiger partial charge in [0.1, 0.15) is 11.6 Å². The quantitative estimate of drug-likeness (QED) is 0.848. The van der Waals surface area contributed by atoms with Crippen LogP contribution >= 0.6 is 11.8 Å². The molecular formula is C14H14FNOS. The van der Waals surface area contributed by atoms with Gasteiger partial charge in [-0.3, -0.25) is 0 Å². The largest absolute Gasteiger partial charge is 0.492 e. The second-order valence-corrected chi connectivity index (χ2v) is 4.84. The van der Waals surface area contributed by atoms with Crippen molar-refractivity contribution in [1.82, 2.24) is 0 Å². The van der Waals surface area contributed by atoms with Crippen LogP contribution in [0.5, 0.6) is 5.75 Å². The maximum atomic E-state index is 13.1. The minimum Gasteiger partial charge on any atom is -0.492 e. The first-order chi connectivity index (χ1) is 8.69. The Morgan fingerprint density at radius 3 is 2.67 bits per heavy atom. The molecule has 0 bridgehead atoms. The van der Waals surface area contributed by atoms with Gasteiger partial charge in [-0.25, -0.2) is 4.39 Å². The zero-order valence-corrected chi connectivity index (χ0v) is 10.8. The third-order valence-electron chi connectivity index (χ3n) is 2.32. The molecule has 0 spiro atoms. The van der Waals surface area contributed by atoms with Crippen LogP contribution in [0.1, 0.15) is 6.92 Å². The molecule has 0 atom stereocenters. The zero-order chi connectivity index (χ0) is 13.0. The van der Waals surface area contributed by atoms with Crippen LogP contribution in [-0.2, 0) is 0 Å². The molecule has 0 aliphatic heterocycles. The molecular weight excluding hydrogens is 249 g/mol. The predicted octanol–water partition coefficient (Wildman–Crippen LogP) is 3.96. The second-order valence-electron chi connectivity index (χ2n) is 3.69. The van der Waals surface area contributed by atoms with Crippen LogP contribution in [0.3, 0.4) is 0 Å². The van der Waals surface area contributed by atoms with Crippen LogP contribution in [0.25, 0.3) is 0 Å².